The number of benzene rings is 2. The molecular formula is C21H26N4O2S. The predicted octanol–water partition coefficient (Wildman–Crippen LogP) is 3.37. The van der Waals surface area contributed by atoms with Crippen LogP contribution in [-0.2, 0) is 17.3 Å². The van der Waals surface area contributed by atoms with E-state index in [9.17, 15) is 8.42 Å². The Balaban J connectivity index is 1.77. The summed E-state index contributed by atoms with van der Waals surface area (Å²) >= 11 is 0. The molecule has 1 saturated heterocycles. The normalized spacial score (nSPS) is 19.7. The van der Waals surface area contributed by atoms with E-state index in [0.717, 1.165) is 35.9 Å². The van der Waals surface area contributed by atoms with E-state index in [1.807, 2.05) is 73.1 Å². The number of aromatic nitrogens is 2. The fourth-order valence-electron chi connectivity index (χ4n) is 3.98. The smallest absolute Gasteiger partial charge is 0.280 e. The van der Waals surface area contributed by atoms with Crippen LogP contribution in [0.5, 0.6) is 0 Å². The van der Waals surface area contributed by atoms with Gasteiger partial charge in [0.2, 0.25) is 0 Å². The average molecular weight is 399 g/mol. The molecule has 28 heavy (non-hydrogen) atoms. The third-order valence-electron chi connectivity index (χ3n) is 5.53. The fourth-order valence-corrected chi connectivity index (χ4v) is 5.61. The van der Waals surface area contributed by atoms with E-state index >= 15 is 0 Å². The Morgan fingerprint density at radius 1 is 1.07 bits per heavy atom. The van der Waals surface area contributed by atoms with Crippen LogP contribution in [0.25, 0.3) is 11.0 Å². The quantitative estimate of drug-likeness (QED) is 0.716. The van der Waals surface area contributed by atoms with Crippen molar-refractivity contribution in [3.63, 3.8) is 0 Å². The van der Waals surface area contributed by atoms with Gasteiger partial charge in [0.25, 0.3) is 10.2 Å². The molecule has 6 nitrogen and oxygen atoms in total. The molecule has 2 heterocycles. The number of nitrogens with one attached hydrogen (secondary N) is 1. The molecule has 0 unspecified atom stereocenters. The zero-order chi connectivity index (χ0) is 19.7. The second-order valence-corrected chi connectivity index (χ2v) is 9.09. The van der Waals surface area contributed by atoms with Crippen LogP contribution in [0.15, 0.2) is 54.6 Å². The largest absolute Gasteiger partial charge is 0.329 e. The molecule has 3 aromatic rings. The zero-order valence-electron chi connectivity index (χ0n) is 16.2. The average Bonchev–Trinajstić information content (AvgIpc) is 3.04. The van der Waals surface area contributed by atoms with Crippen LogP contribution in [-0.4, -0.2) is 34.9 Å². The maximum Gasteiger partial charge on any atom is 0.280 e. The van der Waals surface area contributed by atoms with Crippen LogP contribution in [0.1, 0.15) is 43.6 Å². The van der Waals surface area contributed by atoms with Crippen LogP contribution in [0, 0.1) is 0 Å². The van der Waals surface area contributed by atoms with Gasteiger partial charge in [-0.05, 0) is 37.5 Å². The van der Waals surface area contributed by atoms with Crippen molar-refractivity contribution in [3.8, 4) is 0 Å². The standard InChI is InChI=1S/C21H26N4O2S/c1-16-10-8-9-15-25(16)28(26,27)23-20(17-11-4-3-5-12-17)21-22-18-13-6-7-14-19(18)24(21)2/h3-7,11-14,16,20,23H,8-10,15H2,1-2H3/t16-,20+/m1/s1. The third-order valence-corrected chi connectivity index (χ3v) is 7.22. The molecule has 1 aliphatic rings. The van der Waals surface area contributed by atoms with E-state index in [1.165, 1.54) is 0 Å². The minimum absolute atomic E-state index is 0.00289. The van der Waals surface area contributed by atoms with Gasteiger partial charge in [-0.1, -0.05) is 48.9 Å². The molecule has 1 aliphatic heterocycles. The predicted molar refractivity (Wildman–Crippen MR) is 111 cm³/mol. The van der Waals surface area contributed by atoms with E-state index in [2.05, 4.69) is 4.72 Å². The molecule has 1 N–H and O–H groups in total. The number of piperidine rings is 1. The Morgan fingerprint density at radius 2 is 1.79 bits per heavy atom. The summed E-state index contributed by atoms with van der Waals surface area (Å²) in [6.45, 7) is 2.53. The van der Waals surface area contributed by atoms with Gasteiger partial charge < -0.3 is 4.57 Å². The lowest BCUT2D eigenvalue weighted by atomic mass is 10.1. The molecule has 7 heteroatoms. The fraction of sp³-hybridized carbons (Fsp3) is 0.381. The first-order valence-corrected chi connectivity index (χ1v) is 11.2. The number of imidazole rings is 1. The van der Waals surface area contributed by atoms with E-state index in [4.69, 9.17) is 4.98 Å². The summed E-state index contributed by atoms with van der Waals surface area (Å²) in [5.41, 5.74) is 2.70. The van der Waals surface area contributed by atoms with E-state index in [1.54, 1.807) is 4.31 Å². The van der Waals surface area contributed by atoms with Crippen LogP contribution in [0.4, 0.5) is 0 Å². The van der Waals surface area contributed by atoms with Gasteiger partial charge in [-0.25, -0.2) is 4.98 Å². The molecule has 0 aliphatic carbocycles. The van der Waals surface area contributed by atoms with Crippen molar-refractivity contribution in [2.75, 3.05) is 6.54 Å². The number of fused-ring (bicyclic) bond motifs is 1. The van der Waals surface area contributed by atoms with Crippen molar-refractivity contribution in [1.29, 1.82) is 0 Å². The maximum atomic E-state index is 13.3. The van der Waals surface area contributed by atoms with Gasteiger partial charge in [-0.2, -0.15) is 17.4 Å². The monoisotopic (exact) mass is 398 g/mol. The van der Waals surface area contributed by atoms with Crippen LogP contribution < -0.4 is 4.72 Å². The minimum atomic E-state index is -3.65. The molecule has 0 saturated carbocycles. The Kier molecular flexibility index (Phi) is 5.23. The summed E-state index contributed by atoms with van der Waals surface area (Å²) in [6, 6.07) is 16.9. The van der Waals surface area contributed by atoms with Crippen molar-refractivity contribution in [2.45, 2.75) is 38.3 Å². The molecular weight excluding hydrogens is 372 g/mol. The second kappa shape index (κ2) is 7.66. The molecule has 148 valence electrons. The SMILES string of the molecule is C[C@@H]1CCCCN1S(=O)(=O)N[C@@H](c1ccccc1)c1nc2ccccc2n1C. The van der Waals surface area contributed by atoms with Crippen molar-refractivity contribution >= 4 is 21.2 Å². The number of hydrogen-bond acceptors (Lipinski definition) is 3. The van der Waals surface area contributed by atoms with Gasteiger partial charge in [-0.3, -0.25) is 0 Å². The topological polar surface area (TPSA) is 67.2 Å². The number of hydrogen-bond donors (Lipinski definition) is 1. The maximum absolute atomic E-state index is 13.3. The van der Waals surface area contributed by atoms with Gasteiger partial charge in [0.1, 0.15) is 11.9 Å². The zero-order valence-corrected chi connectivity index (χ0v) is 17.1. The molecule has 0 amide bonds. The lowest BCUT2D eigenvalue weighted by molar-refractivity contribution is 0.264. The Morgan fingerprint density at radius 3 is 2.50 bits per heavy atom. The number of aryl methyl sites for hydroxylation is 1. The summed E-state index contributed by atoms with van der Waals surface area (Å²) < 4.78 is 33.0. The lowest BCUT2D eigenvalue weighted by Crippen LogP contribution is -2.49. The summed E-state index contributed by atoms with van der Waals surface area (Å²) in [7, 11) is -1.72. The van der Waals surface area contributed by atoms with E-state index in [0.29, 0.717) is 12.4 Å². The Hall–Kier alpha value is -2.22. The highest BCUT2D eigenvalue weighted by Crippen LogP contribution is 2.27. The van der Waals surface area contributed by atoms with E-state index < -0.39 is 16.3 Å². The summed E-state index contributed by atoms with van der Waals surface area (Å²) in [6.07, 6.45) is 2.86. The summed E-state index contributed by atoms with van der Waals surface area (Å²) in [5.74, 6) is 0.681. The van der Waals surface area contributed by atoms with Crippen molar-refractivity contribution in [3.05, 3.63) is 66.0 Å². The number of nitrogens with zero attached hydrogens (tertiary/aromatic N) is 3. The number of rotatable bonds is 5. The van der Waals surface area contributed by atoms with E-state index in [-0.39, 0.29) is 6.04 Å². The summed E-state index contributed by atoms with van der Waals surface area (Å²) in [4.78, 5) is 4.75. The lowest BCUT2D eigenvalue weighted by Gasteiger charge is -2.33. The van der Waals surface area contributed by atoms with Gasteiger partial charge in [0.15, 0.2) is 0 Å². The molecule has 0 bridgehead atoms. The highest BCUT2D eigenvalue weighted by atomic mass is 32.2. The molecule has 2 aromatic carbocycles. The van der Waals surface area contributed by atoms with Crippen LogP contribution >= 0.6 is 0 Å². The minimum Gasteiger partial charge on any atom is -0.329 e. The Labute approximate surface area is 166 Å². The van der Waals surface area contributed by atoms with Crippen molar-refractivity contribution < 1.29 is 8.42 Å². The number of para-hydroxylation sites is 2. The second-order valence-electron chi connectivity index (χ2n) is 7.44. The Bertz CT molecular complexity index is 1060. The van der Waals surface area contributed by atoms with Crippen molar-refractivity contribution in [1.82, 2.24) is 18.6 Å². The van der Waals surface area contributed by atoms with Crippen LogP contribution in [0.3, 0.4) is 0 Å². The molecule has 1 fully saturated rings. The van der Waals surface area contributed by atoms with Gasteiger partial charge in [0, 0.05) is 19.6 Å². The summed E-state index contributed by atoms with van der Waals surface area (Å²) in [5, 5.41) is 0. The first kappa shape index (κ1) is 19.1. The molecule has 0 radical (unpaired) electrons. The first-order valence-electron chi connectivity index (χ1n) is 9.73. The molecule has 4 rings (SSSR count). The van der Waals surface area contributed by atoms with Gasteiger partial charge in [0.05, 0.1) is 11.0 Å². The third kappa shape index (κ3) is 3.57. The van der Waals surface area contributed by atoms with Crippen LogP contribution in [0.2, 0.25) is 0 Å². The highest BCUT2D eigenvalue weighted by molar-refractivity contribution is 7.87. The van der Waals surface area contributed by atoms with Gasteiger partial charge in [-0.15, -0.1) is 0 Å². The van der Waals surface area contributed by atoms with Gasteiger partial charge >= 0.3 is 0 Å². The first-order chi connectivity index (χ1) is 13.5. The molecule has 0 spiro atoms. The van der Waals surface area contributed by atoms with Crippen molar-refractivity contribution in [2.24, 2.45) is 7.05 Å². The highest BCUT2D eigenvalue weighted by Gasteiger charge is 2.33. The molecule has 2 atom stereocenters. The molecule has 1 aromatic heterocycles.